The van der Waals surface area contributed by atoms with Gasteiger partial charge in [-0.15, -0.1) is 0 Å². The highest BCUT2D eigenvalue weighted by Crippen LogP contribution is 2.30. The third-order valence-corrected chi connectivity index (χ3v) is 7.08. The summed E-state index contributed by atoms with van der Waals surface area (Å²) in [7, 11) is 2.95. The van der Waals surface area contributed by atoms with Gasteiger partial charge in [0.15, 0.2) is 0 Å². The lowest BCUT2D eigenvalue weighted by molar-refractivity contribution is 0.0600. The highest BCUT2D eigenvalue weighted by molar-refractivity contribution is 6.04. The Labute approximate surface area is 225 Å². The van der Waals surface area contributed by atoms with E-state index < -0.39 is 0 Å². The van der Waals surface area contributed by atoms with Crippen molar-refractivity contribution in [1.29, 1.82) is 0 Å². The number of hydrogen-bond donors (Lipinski definition) is 0. The maximum atomic E-state index is 13.4. The molecule has 0 aliphatic carbocycles. The number of fused-ring (bicyclic) bond motifs is 2. The Bertz CT molecular complexity index is 1840. The molecule has 0 aliphatic heterocycles. The van der Waals surface area contributed by atoms with E-state index in [0.717, 1.165) is 38.5 Å². The lowest BCUT2D eigenvalue weighted by atomic mass is 10.0. The van der Waals surface area contributed by atoms with E-state index in [1.165, 1.54) is 7.11 Å². The van der Waals surface area contributed by atoms with Gasteiger partial charge in [0, 0.05) is 29.8 Å². The average Bonchev–Trinajstić information content (AvgIpc) is 3.60. The van der Waals surface area contributed by atoms with Crippen LogP contribution in [0.15, 0.2) is 109 Å². The summed E-state index contributed by atoms with van der Waals surface area (Å²) in [6.45, 7) is 0.670. The van der Waals surface area contributed by atoms with Crippen molar-refractivity contribution in [2.75, 3.05) is 14.2 Å². The number of esters is 1. The lowest BCUT2D eigenvalue weighted by Crippen LogP contribution is -2.12. The van der Waals surface area contributed by atoms with Crippen molar-refractivity contribution in [2.45, 2.75) is 6.54 Å². The monoisotopic (exact) mass is 514 g/mol. The van der Waals surface area contributed by atoms with Gasteiger partial charge in [-0.05, 0) is 70.6 Å². The standard InChI is InChI=1S/C33H26N2O4/c1-38-31-6-4-3-5-28(31)32(36)35-18-16-24-12-14-27(20-30(24)35)26-13-11-23-15-17-34(29(23)19-26)21-22-7-9-25(10-8-22)33(37)39-2/h3-20H,21H2,1-2H3. The van der Waals surface area contributed by atoms with Crippen LogP contribution in [0.4, 0.5) is 0 Å². The Morgan fingerprint density at radius 1 is 0.718 bits per heavy atom. The fourth-order valence-electron chi connectivity index (χ4n) is 5.00. The van der Waals surface area contributed by atoms with Gasteiger partial charge in [-0.1, -0.05) is 48.5 Å². The van der Waals surface area contributed by atoms with Crippen LogP contribution < -0.4 is 4.74 Å². The SMILES string of the molecule is COC(=O)c1ccc(Cn2ccc3ccc(-c4ccc5ccn(C(=O)c6ccccc6OC)c5c4)cc32)cc1. The Balaban J connectivity index is 1.34. The second-order valence-corrected chi connectivity index (χ2v) is 9.37. The third kappa shape index (κ3) is 4.46. The molecule has 0 N–H and O–H groups in total. The molecular formula is C33H26N2O4. The first-order chi connectivity index (χ1) is 19.1. The number of benzene rings is 4. The number of nitrogens with zero attached hydrogens (tertiary/aromatic N) is 2. The molecule has 2 aromatic heterocycles. The highest BCUT2D eigenvalue weighted by Gasteiger charge is 2.16. The first kappa shape index (κ1) is 24.2. The zero-order chi connectivity index (χ0) is 26.9. The van der Waals surface area contributed by atoms with Crippen molar-refractivity contribution in [1.82, 2.24) is 9.13 Å². The molecule has 0 fully saturated rings. The van der Waals surface area contributed by atoms with E-state index in [1.54, 1.807) is 35.9 Å². The Hall–Kier alpha value is -5.10. The predicted molar refractivity (Wildman–Crippen MR) is 152 cm³/mol. The molecule has 2 heterocycles. The van der Waals surface area contributed by atoms with Gasteiger partial charge in [0.1, 0.15) is 5.75 Å². The van der Waals surface area contributed by atoms with E-state index in [9.17, 15) is 9.59 Å². The zero-order valence-electron chi connectivity index (χ0n) is 21.6. The van der Waals surface area contributed by atoms with Crippen LogP contribution in [0.1, 0.15) is 26.3 Å². The van der Waals surface area contributed by atoms with E-state index in [0.29, 0.717) is 23.4 Å². The molecule has 0 amide bonds. The van der Waals surface area contributed by atoms with Crippen LogP contribution in [0.25, 0.3) is 32.9 Å². The summed E-state index contributed by atoms with van der Waals surface area (Å²) < 4.78 is 14.1. The molecule has 0 radical (unpaired) electrons. The molecule has 6 aromatic rings. The maximum Gasteiger partial charge on any atom is 0.337 e. The Morgan fingerprint density at radius 2 is 1.38 bits per heavy atom. The van der Waals surface area contributed by atoms with Gasteiger partial charge in [-0.3, -0.25) is 9.36 Å². The number of methoxy groups -OCH3 is 2. The summed E-state index contributed by atoms with van der Waals surface area (Å²) in [5.74, 6) is 0.0686. The number of hydrogen-bond acceptors (Lipinski definition) is 4. The lowest BCUT2D eigenvalue weighted by Gasteiger charge is -2.10. The van der Waals surface area contributed by atoms with Gasteiger partial charge in [0.25, 0.3) is 5.91 Å². The number of aromatic nitrogens is 2. The molecule has 6 rings (SSSR count). The quantitative estimate of drug-likeness (QED) is 0.230. The highest BCUT2D eigenvalue weighted by atomic mass is 16.5. The molecular weight excluding hydrogens is 488 g/mol. The minimum absolute atomic E-state index is 0.137. The molecule has 0 saturated heterocycles. The van der Waals surface area contributed by atoms with Crippen molar-refractivity contribution in [3.05, 3.63) is 126 Å². The minimum atomic E-state index is -0.342. The van der Waals surface area contributed by atoms with Crippen molar-refractivity contribution in [3.63, 3.8) is 0 Å². The van der Waals surface area contributed by atoms with Crippen LogP contribution >= 0.6 is 0 Å². The summed E-state index contributed by atoms with van der Waals surface area (Å²) in [5.41, 5.74) is 6.15. The summed E-state index contributed by atoms with van der Waals surface area (Å²) in [5, 5.41) is 2.13. The molecule has 0 unspecified atom stereocenters. The van der Waals surface area contributed by atoms with Crippen molar-refractivity contribution in [2.24, 2.45) is 0 Å². The molecule has 6 heteroatoms. The van der Waals surface area contributed by atoms with Crippen LogP contribution in [-0.4, -0.2) is 35.2 Å². The van der Waals surface area contributed by atoms with E-state index in [2.05, 4.69) is 47.2 Å². The largest absolute Gasteiger partial charge is 0.496 e. The maximum absolute atomic E-state index is 13.4. The third-order valence-electron chi connectivity index (χ3n) is 7.08. The smallest absolute Gasteiger partial charge is 0.337 e. The Morgan fingerprint density at radius 3 is 2.10 bits per heavy atom. The number of rotatable bonds is 6. The van der Waals surface area contributed by atoms with Crippen LogP contribution in [0, 0.1) is 0 Å². The van der Waals surface area contributed by atoms with Crippen molar-refractivity contribution >= 4 is 33.7 Å². The van der Waals surface area contributed by atoms with Crippen LogP contribution in [-0.2, 0) is 11.3 Å². The normalized spacial score (nSPS) is 11.1. The number of ether oxygens (including phenoxy) is 2. The first-order valence-corrected chi connectivity index (χ1v) is 12.6. The van der Waals surface area contributed by atoms with Gasteiger partial charge in [0.2, 0.25) is 0 Å². The molecule has 0 spiro atoms. The van der Waals surface area contributed by atoms with Crippen molar-refractivity contribution in [3.8, 4) is 16.9 Å². The summed E-state index contributed by atoms with van der Waals surface area (Å²) in [6.07, 6.45) is 3.88. The van der Waals surface area contributed by atoms with Crippen molar-refractivity contribution < 1.29 is 19.1 Å². The molecule has 4 aromatic carbocycles. The number of carbonyl (C=O) groups excluding carboxylic acids is 2. The summed E-state index contributed by atoms with van der Waals surface area (Å²) in [4.78, 5) is 25.2. The van der Waals surface area contributed by atoms with E-state index in [-0.39, 0.29) is 11.9 Å². The predicted octanol–water partition coefficient (Wildman–Crippen LogP) is 6.80. The second kappa shape index (κ2) is 9.99. The number of carbonyl (C=O) groups is 2. The van der Waals surface area contributed by atoms with Crippen LogP contribution in [0.5, 0.6) is 5.75 Å². The molecule has 0 atom stereocenters. The fourth-order valence-corrected chi connectivity index (χ4v) is 5.00. The molecule has 192 valence electrons. The van der Waals surface area contributed by atoms with Gasteiger partial charge in [0.05, 0.1) is 30.9 Å². The minimum Gasteiger partial charge on any atom is -0.496 e. The zero-order valence-corrected chi connectivity index (χ0v) is 21.6. The molecule has 0 aliphatic rings. The summed E-state index contributed by atoms with van der Waals surface area (Å²) in [6, 6.07) is 31.4. The molecule has 6 nitrogen and oxygen atoms in total. The van der Waals surface area contributed by atoms with Crippen LogP contribution in [0.2, 0.25) is 0 Å². The van der Waals surface area contributed by atoms with Crippen LogP contribution in [0.3, 0.4) is 0 Å². The average molecular weight is 515 g/mol. The van der Waals surface area contributed by atoms with E-state index in [1.807, 2.05) is 42.6 Å². The Kier molecular flexibility index (Phi) is 6.21. The molecule has 39 heavy (non-hydrogen) atoms. The molecule has 0 bridgehead atoms. The van der Waals surface area contributed by atoms with E-state index in [4.69, 9.17) is 9.47 Å². The van der Waals surface area contributed by atoms with Gasteiger partial charge in [-0.2, -0.15) is 0 Å². The van der Waals surface area contributed by atoms with E-state index >= 15 is 0 Å². The van der Waals surface area contributed by atoms with Gasteiger partial charge >= 0.3 is 5.97 Å². The number of para-hydroxylation sites is 1. The first-order valence-electron chi connectivity index (χ1n) is 12.6. The van der Waals surface area contributed by atoms with Gasteiger partial charge < -0.3 is 14.0 Å². The topological polar surface area (TPSA) is 62.5 Å². The molecule has 0 saturated carbocycles. The summed E-state index contributed by atoms with van der Waals surface area (Å²) >= 11 is 0. The van der Waals surface area contributed by atoms with Gasteiger partial charge in [-0.25, -0.2) is 4.79 Å². The fraction of sp³-hybridized carbons (Fsp3) is 0.0909. The second-order valence-electron chi connectivity index (χ2n) is 9.37.